The lowest BCUT2D eigenvalue weighted by Gasteiger charge is -2.08. The zero-order valence-electron chi connectivity index (χ0n) is 12.1. The van der Waals surface area contributed by atoms with Crippen molar-refractivity contribution in [3.63, 3.8) is 0 Å². The Labute approximate surface area is 133 Å². The maximum atomic E-state index is 12.4. The Hall–Kier alpha value is -2.35. The highest BCUT2D eigenvalue weighted by atomic mass is 32.1. The van der Waals surface area contributed by atoms with Crippen molar-refractivity contribution in [2.24, 2.45) is 0 Å². The first-order chi connectivity index (χ1) is 10.6. The van der Waals surface area contributed by atoms with Crippen LogP contribution in [0.5, 0.6) is 0 Å². The second kappa shape index (κ2) is 6.04. The van der Waals surface area contributed by atoms with Crippen molar-refractivity contribution < 1.29 is 27.9 Å². The molecule has 0 aliphatic carbocycles. The van der Waals surface area contributed by atoms with E-state index in [2.05, 4.69) is 0 Å². The van der Waals surface area contributed by atoms with Gasteiger partial charge in [-0.2, -0.15) is 13.2 Å². The third-order valence-electron chi connectivity index (χ3n) is 3.12. The number of hydrogen-bond acceptors (Lipinski definition) is 3. The second-order valence-electron chi connectivity index (χ2n) is 4.86. The Kier molecular flexibility index (Phi) is 4.46. The van der Waals surface area contributed by atoms with Crippen molar-refractivity contribution in [2.45, 2.75) is 20.0 Å². The summed E-state index contributed by atoms with van der Waals surface area (Å²) in [5.74, 6) is -3.60. The Morgan fingerprint density at radius 3 is 2.17 bits per heavy atom. The van der Waals surface area contributed by atoms with E-state index in [1.54, 1.807) is 36.5 Å². The minimum absolute atomic E-state index is 0.306. The first-order valence-electron chi connectivity index (χ1n) is 6.43. The van der Waals surface area contributed by atoms with E-state index in [-0.39, 0.29) is 10.6 Å². The Morgan fingerprint density at radius 2 is 1.70 bits per heavy atom. The first-order valence-corrected chi connectivity index (χ1v) is 7.24. The van der Waals surface area contributed by atoms with Gasteiger partial charge in [-0.1, -0.05) is 29.8 Å². The lowest BCUT2D eigenvalue weighted by atomic mass is 10.0. The lowest BCUT2D eigenvalue weighted by molar-refractivity contribution is -0.167. The van der Waals surface area contributed by atoms with Crippen LogP contribution in [0.25, 0.3) is 11.1 Å². The average molecular weight is 343 g/mol. The van der Waals surface area contributed by atoms with Crippen molar-refractivity contribution in [1.29, 1.82) is 0 Å². The second-order valence-corrected chi connectivity index (χ2v) is 6.09. The van der Waals surface area contributed by atoms with E-state index in [0.717, 1.165) is 16.9 Å². The molecule has 0 aliphatic heterocycles. The molecule has 2 N–H and O–H groups in total. The normalized spacial score (nSPS) is 11.3. The number of thiophene rings is 1. The van der Waals surface area contributed by atoms with E-state index >= 15 is 0 Å². The van der Waals surface area contributed by atoms with Crippen LogP contribution in [-0.4, -0.2) is 23.2 Å². The van der Waals surface area contributed by atoms with Crippen LogP contribution in [0, 0.1) is 13.8 Å². The molecule has 0 saturated heterocycles. The number of rotatable bonds is 3. The molecule has 0 spiro atoms. The molecule has 0 unspecified atom stereocenters. The molecule has 0 bridgehead atoms. The number of carboxylic acid groups (broad SMARTS) is 1. The Morgan fingerprint density at radius 1 is 1.13 bits per heavy atom. The summed E-state index contributed by atoms with van der Waals surface area (Å²) >= 11 is 0.800. The van der Waals surface area contributed by atoms with Crippen LogP contribution in [0.1, 0.15) is 20.8 Å². The first kappa shape index (κ1) is 17.0. The van der Waals surface area contributed by atoms with Gasteiger partial charge in [-0.25, -0.2) is 4.79 Å². The zero-order chi connectivity index (χ0) is 17.4. The smallest absolute Gasteiger partial charge is 0.471 e. The summed E-state index contributed by atoms with van der Waals surface area (Å²) in [7, 11) is 0. The molecule has 8 heteroatoms. The van der Waals surface area contributed by atoms with Crippen molar-refractivity contribution in [3.05, 3.63) is 40.3 Å². The van der Waals surface area contributed by atoms with Gasteiger partial charge in [0.05, 0.1) is 0 Å². The fourth-order valence-electron chi connectivity index (χ4n) is 2.08. The third kappa shape index (κ3) is 3.53. The van der Waals surface area contributed by atoms with Crippen molar-refractivity contribution in [1.82, 2.24) is 0 Å². The molecule has 2 rings (SSSR count). The molecule has 23 heavy (non-hydrogen) atoms. The van der Waals surface area contributed by atoms with E-state index in [0.29, 0.717) is 16.0 Å². The van der Waals surface area contributed by atoms with Crippen LogP contribution >= 0.6 is 11.3 Å². The summed E-state index contributed by atoms with van der Waals surface area (Å²) in [4.78, 5) is 23.1. The largest absolute Gasteiger partial charge is 0.478 e. The van der Waals surface area contributed by atoms with E-state index in [1.165, 1.54) is 0 Å². The van der Waals surface area contributed by atoms with Gasteiger partial charge in [0, 0.05) is 10.4 Å². The van der Waals surface area contributed by atoms with Crippen molar-refractivity contribution in [3.8, 4) is 11.1 Å². The lowest BCUT2D eigenvalue weighted by Crippen LogP contribution is -2.30. The van der Waals surface area contributed by atoms with Crippen LogP contribution in [0.3, 0.4) is 0 Å². The maximum Gasteiger partial charge on any atom is 0.471 e. The van der Waals surface area contributed by atoms with E-state index in [9.17, 15) is 27.9 Å². The standard InChI is InChI=1S/C15H12F3NO3S/c1-7-3-5-9(6-4-7)10-8(2)23-12(11(10)13(20)21)19-14(22)15(16,17)18/h3-6H,1-2H3,(H,19,22)(H,20,21). The van der Waals surface area contributed by atoms with E-state index in [4.69, 9.17) is 0 Å². The number of aromatic carboxylic acids is 1. The Balaban J connectivity index is 2.55. The number of carbonyl (C=O) groups is 2. The molecule has 1 aromatic carbocycles. The quantitative estimate of drug-likeness (QED) is 0.876. The maximum absolute atomic E-state index is 12.4. The predicted molar refractivity (Wildman–Crippen MR) is 80.9 cm³/mol. The molecule has 1 aromatic heterocycles. The van der Waals surface area contributed by atoms with Crippen molar-refractivity contribution in [2.75, 3.05) is 5.32 Å². The van der Waals surface area contributed by atoms with Gasteiger partial charge in [-0.3, -0.25) is 4.79 Å². The predicted octanol–water partition coefficient (Wildman–Crippen LogP) is 4.23. The highest BCUT2D eigenvalue weighted by Crippen LogP contribution is 2.40. The van der Waals surface area contributed by atoms with Gasteiger partial charge in [0.15, 0.2) is 0 Å². The molecule has 0 radical (unpaired) electrons. The van der Waals surface area contributed by atoms with E-state index in [1.807, 2.05) is 6.92 Å². The van der Waals surface area contributed by atoms with Gasteiger partial charge < -0.3 is 10.4 Å². The zero-order valence-corrected chi connectivity index (χ0v) is 12.9. The van der Waals surface area contributed by atoms with E-state index < -0.39 is 18.1 Å². The Bertz CT molecular complexity index is 764. The summed E-state index contributed by atoms with van der Waals surface area (Å²) in [6.07, 6.45) is -5.09. The average Bonchev–Trinajstić information content (AvgIpc) is 2.75. The van der Waals surface area contributed by atoms with Crippen LogP contribution in [0.15, 0.2) is 24.3 Å². The summed E-state index contributed by atoms with van der Waals surface area (Å²) in [5, 5.41) is 10.7. The number of halogens is 3. The topological polar surface area (TPSA) is 66.4 Å². The molecule has 0 saturated carbocycles. The number of amides is 1. The molecule has 1 amide bonds. The molecular weight excluding hydrogens is 331 g/mol. The van der Waals surface area contributed by atoms with Gasteiger partial charge in [0.25, 0.3) is 0 Å². The third-order valence-corrected chi connectivity index (χ3v) is 4.14. The van der Waals surface area contributed by atoms with Crippen LogP contribution in [-0.2, 0) is 4.79 Å². The number of alkyl halides is 3. The number of aryl methyl sites for hydroxylation is 2. The van der Waals surface area contributed by atoms with Crippen LogP contribution in [0.2, 0.25) is 0 Å². The molecule has 0 aliphatic rings. The molecular formula is C15H12F3NO3S. The number of anilines is 1. The van der Waals surface area contributed by atoms with Crippen LogP contribution in [0.4, 0.5) is 18.2 Å². The van der Waals surface area contributed by atoms with Gasteiger partial charge in [-0.15, -0.1) is 11.3 Å². The molecule has 4 nitrogen and oxygen atoms in total. The fraction of sp³-hybridized carbons (Fsp3) is 0.200. The summed E-state index contributed by atoms with van der Waals surface area (Å²) in [6.45, 7) is 3.45. The number of carboxylic acids is 1. The number of hydrogen-bond donors (Lipinski definition) is 2. The summed E-state index contributed by atoms with van der Waals surface area (Å²) in [5.41, 5.74) is 1.49. The van der Waals surface area contributed by atoms with Gasteiger partial charge in [0.1, 0.15) is 10.6 Å². The molecule has 1 heterocycles. The number of nitrogens with one attached hydrogen (secondary N) is 1. The SMILES string of the molecule is Cc1ccc(-c2c(C)sc(NC(=O)C(F)(F)F)c2C(=O)O)cc1. The monoisotopic (exact) mass is 343 g/mol. The molecule has 2 aromatic rings. The molecule has 122 valence electrons. The summed E-state index contributed by atoms with van der Waals surface area (Å²) < 4.78 is 37.2. The van der Waals surface area contributed by atoms with Gasteiger partial charge >= 0.3 is 18.1 Å². The number of benzene rings is 1. The summed E-state index contributed by atoms with van der Waals surface area (Å²) in [6, 6.07) is 6.91. The minimum atomic E-state index is -5.09. The van der Waals surface area contributed by atoms with Gasteiger partial charge in [-0.05, 0) is 19.4 Å². The fourth-order valence-corrected chi connectivity index (χ4v) is 3.14. The molecule has 0 fully saturated rings. The minimum Gasteiger partial charge on any atom is -0.478 e. The van der Waals surface area contributed by atoms with Crippen molar-refractivity contribution >= 4 is 28.2 Å². The number of carbonyl (C=O) groups excluding carboxylic acids is 1. The van der Waals surface area contributed by atoms with Gasteiger partial charge in [0.2, 0.25) is 0 Å². The highest BCUT2D eigenvalue weighted by molar-refractivity contribution is 7.17. The molecule has 0 atom stereocenters. The van der Waals surface area contributed by atoms with Crippen LogP contribution < -0.4 is 5.32 Å². The highest BCUT2D eigenvalue weighted by Gasteiger charge is 2.40.